The fourth-order valence-corrected chi connectivity index (χ4v) is 4.22. The van der Waals surface area contributed by atoms with Gasteiger partial charge in [-0.05, 0) is 55.5 Å². The smallest absolute Gasteiger partial charge is 0.229 e. The lowest BCUT2D eigenvalue weighted by Gasteiger charge is -2.28. The van der Waals surface area contributed by atoms with Crippen LogP contribution in [0.4, 0.5) is 11.4 Å². The molecular weight excluding hydrogens is 362 g/mol. The summed E-state index contributed by atoms with van der Waals surface area (Å²) in [4.78, 5) is 29.2. The maximum atomic E-state index is 12.7. The van der Waals surface area contributed by atoms with Crippen LogP contribution in [0, 0.1) is 5.92 Å². The molecule has 4 rings (SSSR count). The summed E-state index contributed by atoms with van der Waals surface area (Å²) in [5, 5.41) is 2.99. The zero-order valence-corrected chi connectivity index (χ0v) is 16.8. The minimum absolute atomic E-state index is 0.0636. The van der Waals surface area contributed by atoms with Crippen LogP contribution in [0.25, 0.3) is 0 Å². The number of hydrogen-bond acceptors (Lipinski definition) is 3. The molecule has 2 aliphatic rings. The van der Waals surface area contributed by atoms with Gasteiger partial charge in [-0.15, -0.1) is 0 Å². The van der Waals surface area contributed by atoms with Crippen molar-refractivity contribution >= 4 is 23.2 Å². The van der Waals surface area contributed by atoms with E-state index in [1.54, 1.807) is 0 Å². The minimum Gasteiger partial charge on any atom is -0.372 e. The first kappa shape index (κ1) is 19.5. The largest absolute Gasteiger partial charge is 0.372 e. The third-order valence-corrected chi connectivity index (χ3v) is 5.95. The van der Waals surface area contributed by atoms with Crippen LogP contribution >= 0.6 is 0 Å². The maximum Gasteiger partial charge on any atom is 0.229 e. The Balaban J connectivity index is 1.29. The highest BCUT2D eigenvalue weighted by Gasteiger charge is 2.34. The highest BCUT2D eigenvalue weighted by Crippen LogP contribution is 2.24. The van der Waals surface area contributed by atoms with E-state index in [-0.39, 0.29) is 17.7 Å². The molecule has 2 aliphatic heterocycles. The molecular formula is C24H29N3O2. The molecule has 2 aromatic rings. The zero-order valence-electron chi connectivity index (χ0n) is 16.8. The van der Waals surface area contributed by atoms with E-state index >= 15 is 0 Å². The van der Waals surface area contributed by atoms with Crippen LogP contribution in [-0.2, 0) is 16.0 Å². The van der Waals surface area contributed by atoms with Crippen LogP contribution in [0.15, 0.2) is 54.6 Å². The quantitative estimate of drug-likeness (QED) is 0.817. The SMILES string of the molecule is O=C(Nc1ccc(N2CCCCC2)cc1)[C@@H]1CC(=O)N(CCc2ccccc2)C1. The molecule has 0 bridgehead atoms. The number of amides is 2. The third kappa shape index (κ3) is 4.97. The van der Waals surface area contributed by atoms with Crippen molar-refractivity contribution in [2.75, 3.05) is 36.4 Å². The number of hydrogen-bond donors (Lipinski definition) is 1. The van der Waals surface area contributed by atoms with Crippen molar-refractivity contribution in [3.8, 4) is 0 Å². The summed E-state index contributed by atoms with van der Waals surface area (Å²) in [6.07, 6.45) is 4.92. The lowest BCUT2D eigenvalue weighted by atomic mass is 10.1. The van der Waals surface area contributed by atoms with Gasteiger partial charge in [0.15, 0.2) is 0 Å². The van der Waals surface area contributed by atoms with Gasteiger partial charge in [0.2, 0.25) is 11.8 Å². The summed E-state index contributed by atoms with van der Waals surface area (Å²) >= 11 is 0. The highest BCUT2D eigenvalue weighted by molar-refractivity contribution is 5.97. The molecule has 152 valence electrons. The van der Waals surface area contributed by atoms with E-state index in [9.17, 15) is 9.59 Å². The fourth-order valence-electron chi connectivity index (χ4n) is 4.22. The molecule has 0 spiro atoms. The van der Waals surface area contributed by atoms with E-state index in [0.717, 1.165) is 25.2 Å². The van der Waals surface area contributed by atoms with Gasteiger partial charge in [-0.3, -0.25) is 9.59 Å². The fraction of sp³-hybridized carbons (Fsp3) is 0.417. The third-order valence-electron chi connectivity index (χ3n) is 5.95. The van der Waals surface area contributed by atoms with Crippen LogP contribution in [0.5, 0.6) is 0 Å². The molecule has 2 saturated heterocycles. The topological polar surface area (TPSA) is 52.7 Å². The van der Waals surface area contributed by atoms with Gasteiger partial charge in [0.25, 0.3) is 0 Å². The van der Waals surface area contributed by atoms with Gasteiger partial charge in [0, 0.05) is 44.0 Å². The van der Waals surface area contributed by atoms with E-state index in [0.29, 0.717) is 19.5 Å². The van der Waals surface area contributed by atoms with Crippen molar-refractivity contribution in [2.45, 2.75) is 32.1 Å². The molecule has 0 radical (unpaired) electrons. The average Bonchev–Trinajstić information content (AvgIpc) is 3.15. The summed E-state index contributed by atoms with van der Waals surface area (Å²) in [5.41, 5.74) is 3.22. The first-order chi connectivity index (χ1) is 14.2. The van der Waals surface area contributed by atoms with Crippen molar-refractivity contribution in [3.63, 3.8) is 0 Å². The monoisotopic (exact) mass is 391 g/mol. The molecule has 0 unspecified atom stereocenters. The molecule has 2 amide bonds. The molecule has 2 heterocycles. The summed E-state index contributed by atoms with van der Waals surface area (Å²) in [6.45, 7) is 3.38. The van der Waals surface area contributed by atoms with Gasteiger partial charge in [0.1, 0.15) is 0 Å². The van der Waals surface area contributed by atoms with E-state index in [4.69, 9.17) is 0 Å². The lowest BCUT2D eigenvalue weighted by Crippen LogP contribution is -2.30. The first-order valence-corrected chi connectivity index (χ1v) is 10.7. The Bertz CT molecular complexity index is 829. The van der Waals surface area contributed by atoms with Crippen LogP contribution in [0.2, 0.25) is 0 Å². The Morgan fingerprint density at radius 1 is 0.966 bits per heavy atom. The lowest BCUT2D eigenvalue weighted by molar-refractivity contribution is -0.128. The normalized spacial score (nSPS) is 19.4. The number of rotatable bonds is 6. The van der Waals surface area contributed by atoms with Crippen molar-refractivity contribution in [3.05, 3.63) is 60.2 Å². The number of carbonyl (C=O) groups excluding carboxylic acids is 2. The van der Waals surface area contributed by atoms with Crippen LogP contribution in [-0.4, -0.2) is 42.9 Å². The van der Waals surface area contributed by atoms with Gasteiger partial charge in [-0.2, -0.15) is 0 Å². The van der Waals surface area contributed by atoms with E-state index < -0.39 is 0 Å². The average molecular weight is 392 g/mol. The summed E-state index contributed by atoms with van der Waals surface area (Å²) in [7, 11) is 0. The molecule has 29 heavy (non-hydrogen) atoms. The molecule has 0 aliphatic carbocycles. The number of benzene rings is 2. The Morgan fingerprint density at radius 2 is 1.69 bits per heavy atom. The number of nitrogens with zero attached hydrogens (tertiary/aromatic N) is 2. The summed E-state index contributed by atoms with van der Waals surface area (Å²) in [5.74, 6) is -0.271. The molecule has 0 aromatic heterocycles. The Labute approximate surface area is 172 Å². The van der Waals surface area contributed by atoms with Crippen LogP contribution in [0.3, 0.4) is 0 Å². The van der Waals surface area contributed by atoms with Gasteiger partial charge >= 0.3 is 0 Å². The molecule has 1 atom stereocenters. The number of anilines is 2. The second kappa shape index (κ2) is 9.12. The van der Waals surface area contributed by atoms with E-state index in [1.165, 1.54) is 30.5 Å². The number of likely N-dealkylation sites (tertiary alicyclic amines) is 1. The predicted octanol–water partition coefficient (Wildman–Crippen LogP) is 3.71. The van der Waals surface area contributed by atoms with Gasteiger partial charge in [-0.25, -0.2) is 0 Å². The number of piperidine rings is 1. The van der Waals surface area contributed by atoms with Gasteiger partial charge in [0.05, 0.1) is 5.92 Å². The Kier molecular flexibility index (Phi) is 6.13. The van der Waals surface area contributed by atoms with Crippen molar-refractivity contribution in [1.29, 1.82) is 0 Å². The van der Waals surface area contributed by atoms with E-state index in [2.05, 4.69) is 34.5 Å². The highest BCUT2D eigenvalue weighted by atomic mass is 16.2. The summed E-state index contributed by atoms with van der Waals surface area (Å²) in [6, 6.07) is 18.2. The zero-order chi connectivity index (χ0) is 20.1. The number of carbonyl (C=O) groups is 2. The molecule has 2 fully saturated rings. The standard InChI is InChI=1S/C24H29N3O2/c28-23-17-20(18-27(23)16-13-19-7-3-1-4-8-19)24(29)25-21-9-11-22(12-10-21)26-14-5-2-6-15-26/h1,3-4,7-12,20H,2,5-6,13-18H2,(H,25,29)/t20-/m1/s1. The maximum absolute atomic E-state index is 12.7. The Morgan fingerprint density at radius 3 is 2.41 bits per heavy atom. The second-order valence-corrected chi connectivity index (χ2v) is 8.06. The molecule has 5 heteroatoms. The van der Waals surface area contributed by atoms with Crippen LogP contribution in [0.1, 0.15) is 31.2 Å². The van der Waals surface area contributed by atoms with Crippen molar-refractivity contribution < 1.29 is 9.59 Å². The summed E-state index contributed by atoms with van der Waals surface area (Å²) < 4.78 is 0. The van der Waals surface area contributed by atoms with Crippen LogP contribution < -0.4 is 10.2 Å². The van der Waals surface area contributed by atoms with Gasteiger partial charge in [-0.1, -0.05) is 30.3 Å². The molecule has 1 N–H and O–H groups in total. The van der Waals surface area contributed by atoms with Crippen molar-refractivity contribution in [2.24, 2.45) is 5.92 Å². The molecule has 0 saturated carbocycles. The van der Waals surface area contributed by atoms with E-state index in [1.807, 2.05) is 35.2 Å². The Hall–Kier alpha value is -2.82. The molecule has 2 aromatic carbocycles. The van der Waals surface area contributed by atoms with Crippen molar-refractivity contribution in [1.82, 2.24) is 4.90 Å². The van der Waals surface area contributed by atoms with Gasteiger partial charge < -0.3 is 15.1 Å². The first-order valence-electron chi connectivity index (χ1n) is 10.7. The number of nitrogens with one attached hydrogen (secondary N) is 1. The predicted molar refractivity (Wildman–Crippen MR) is 116 cm³/mol. The minimum atomic E-state index is -0.278. The molecule has 5 nitrogen and oxygen atoms in total. The second-order valence-electron chi connectivity index (χ2n) is 8.06.